The van der Waals surface area contributed by atoms with Crippen LogP contribution in [0.5, 0.6) is 5.75 Å². The first-order chi connectivity index (χ1) is 15.2. The summed E-state index contributed by atoms with van der Waals surface area (Å²) < 4.78 is 47.2. The molecule has 2 aromatic carbocycles. The lowest BCUT2D eigenvalue weighted by atomic mass is 10.1. The smallest absolute Gasteiger partial charge is 0.150 e. The Morgan fingerprint density at radius 1 is 1.19 bits per heavy atom. The number of rotatable bonds is 6. The maximum Gasteiger partial charge on any atom is 0.150 e. The number of halogens is 1. The number of benzene rings is 2. The van der Waals surface area contributed by atoms with Gasteiger partial charge in [-0.25, -0.2) is 18.6 Å². The van der Waals surface area contributed by atoms with Gasteiger partial charge in [0.1, 0.15) is 29.8 Å². The van der Waals surface area contributed by atoms with E-state index in [0.717, 1.165) is 10.9 Å². The van der Waals surface area contributed by atoms with Crippen LogP contribution in [-0.4, -0.2) is 59.2 Å². The van der Waals surface area contributed by atoms with Crippen molar-refractivity contribution in [3.8, 4) is 5.75 Å². The number of aryl methyl sites for hydroxylation is 1. The molecule has 1 N–H and O–H groups in total. The van der Waals surface area contributed by atoms with Gasteiger partial charge in [-0.1, -0.05) is 0 Å². The summed E-state index contributed by atoms with van der Waals surface area (Å²) in [6.45, 7) is 2.68. The molecule has 2 heterocycles. The minimum atomic E-state index is -2.31. The van der Waals surface area contributed by atoms with E-state index in [1.807, 2.05) is 13.0 Å². The first-order valence-corrected chi connectivity index (χ1v) is 12.3. The van der Waals surface area contributed by atoms with Gasteiger partial charge in [-0.15, -0.1) is 0 Å². The van der Waals surface area contributed by atoms with Crippen LogP contribution in [-0.2, 0) is 19.2 Å². The standard InChI is InChI=1S/C22H25FN4O4S/c1-13-7-15(27-32(3,4)28)9-17-21(13)22(25-12-24-17)26-16-6-5-14(23)8-18(16)31-20-11-30-10-19(20)29-2/h5-9,12,19-20H,10-11H2,1-4H3,(H,24,25,26)/t19?,20-/m0/s1. The van der Waals surface area contributed by atoms with Crippen molar-refractivity contribution in [1.29, 1.82) is 0 Å². The number of ether oxygens (including phenoxy) is 3. The van der Waals surface area contributed by atoms with Gasteiger partial charge in [0.2, 0.25) is 0 Å². The lowest BCUT2D eigenvalue weighted by Crippen LogP contribution is -2.31. The van der Waals surface area contributed by atoms with Crippen LogP contribution in [0, 0.1) is 12.7 Å². The van der Waals surface area contributed by atoms with Crippen molar-refractivity contribution >= 4 is 37.8 Å². The van der Waals surface area contributed by atoms with Gasteiger partial charge in [0, 0.05) is 40.8 Å². The monoisotopic (exact) mass is 460 g/mol. The number of nitrogens with zero attached hydrogens (tertiary/aromatic N) is 3. The van der Waals surface area contributed by atoms with Gasteiger partial charge in [-0.3, -0.25) is 0 Å². The van der Waals surface area contributed by atoms with Crippen molar-refractivity contribution in [3.63, 3.8) is 0 Å². The van der Waals surface area contributed by atoms with Crippen LogP contribution in [0.3, 0.4) is 0 Å². The maximum atomic E-state index is 14.0. The molecule has 32 heavy (non-hydrogen) atoms. The van der Waals surface area contributed by atoms with Gasteiger partial charge in [0.05, 0.1) is 30.1 Å². The fourth-order valence-electron chi connectivity index (χ4n) is 3.61. The highest BCUT2D eigenvalue weighted by Gasteiger charge is 2.30. The third kappa shape index (κ3) is 4.98. The predicted molar refractivity (Wildman–Crippen MR) is 122 cm³/mol. The van der Waals surface area contributed by atoms with Crippen LogP contribution in [0.15, 0.2) is 41.0 Å². The molecule has 1 fully saturated rings. The van der Waals surface area contributed by atoms with Crippen LogP contribution in [0.4, 0.5) is 21.6 Å². The second-order valence-electron chi connectivity index (χ2n) is 7.89. The molecule has 4 rings (SSSR count). The minimum absolute atomic E-state index is 0.234. The van der Waals surface area contributed by atoms with E-state index < -0.39 is 15.5 Å². The van der Waals surface area contributed by atoms with Gasteiger partial charge in [0.15, 0.2) is 6.10 Å². The molecule has 0 bridgehead atoms. The third-order valence-corrected chi connectivity index (χ3v) is 5.65. The SMILES string of the molecule is COC1COC[C@@H]1Oc1cc(F)ccc1Nc1ncnc2cc(N=S(C)(C)=O)cc(C)c12. The number of hydrogen-bond donors (Lipinski definition) is 1. The lowest BCUT2D eigenvalue weighted by Gasteiger charge is -2.21. The number of aromatic nitrogens is 2. The van der Waals surface area contributed by atoms with E-state index in [1.165, 1.54) is 18.5 Å². The Morgan fingerprint density at radius 2 is 1.97 bits per heavy atom. The van der Waals surface area contributed by atoms with Crippen molar-refractivity contribution < 1.29 is 22.8 Å². The van der Waals surface area contributed by atoms with Crippen molar-refractivity contribution in [2.45, 2.75) is 19.1 Å². The van der Waals surface area contributed by atoms with Gasteiger partial charge in [0.25, 0.3) is 0 Å². The molecular formula is C22H25FN4O4S. The highest BCUT2D eigenvalue weighted by atomic mass is 32.2. The van der Waals surface area contributed by atoms with Crippen LogP contribution >= 0.6 is 0 Å². The summed E-state index contributed by atoms with van der Waals surface area (Å²) in [4.78, 5) is 8.73. The normalized spacial score (nSPS) is 18.7. The van der Waals surface area contributed by atoms with E-state index in [-0.39, 0.29) is 12.2 Å². The Bertz CT molecular complexity index is 1270. The summed E-state index contributed by atoms with van der Waals surface area (Å²) in [5, 5.41) is 4.02. The molecule has 0 aliphatic carbocycles. The molecule has 0 radical (unpaired) electrons. The highest BCUT2D eigenvalue weighted by Crippen LogP contribution is 2.34. The lowest BCUT2D eigenvalue weighted by molar-refractivity contribution is 0.0328. The Kier molecular flexibility index (Phi) is 6.27. The zero-order valence-corrected chi connectivity index (χ0v) is 19.1. The molecule has 1 aromatic heterocycles. The van der Waals surface area contributed by atoms with E-state index in [4.69, 9.17) is 14.2 Å². The van der Waals surface area contributed by atoms with E-state index in [2.05, 4.69) is 19.6 Å². The van der Waals surface area contributed by atoms with Crippen LogP contribution < -0.4 is 10.1 Å². The fourth-order valence-corrected chi connectivity index (χ4v) is 4.22. The third-order valence-electron chi connectivity index (χ3n) is 5.00. The highest BCUT2D eigenvalue weighted by molar-refractivity contribution is 7.92. The van der Waals surface area contributed by atoms with Gasteiger partial charge >= 0.3 is 0 Å². The van der Waals surface area contributed by atoms with Crippen molar-refractivity contribution in [3.05, 3.63) is 48.0 Å². The molecular weight excluding hydrogens is 435 g/mol. The maximum absolute atomic E-state index is 14.0. The molecule has 1 aliphatic heterocycles. The topological polar surface area (TPSA) is 94.9 Å². The molecule has 0 amide bonds. The molecule has 3 aromatic rings. The second-order valence-corrected chi connectivity index (χ2v) is 10.4. The number of anilines is 2. The van der Waals surface area contributed by atoms with Crippen LogP contribution in [0.1, 0.15) is 5.56 Å². The summed E-state index contributed by atoms with van der Waals surface area (Å²) in [6, 6.07) is 7.87. The molecule has 0 saturated carbocycles. The summed E-state index contributed by atoms with van der Waals surface area (Å²) in [7, 11) is -0.716. The molecule has 1 aliphatic rings. The van der Waals surface area contributed by atoms with Crippen LogP contribution in [0.25, 0.3) is 10.9 Å². The summed E-state index contributed by atoms with van der Waals surface area (Å²) in [6.07, 6.45) is 4.01. The molecule has 10 heteroatoms. The van der Waals surface area contributed by atoms with E-state index >= 15 is 0 Å². The summed E-state index contributed by atoms with van der Waals surface area (Å²) in [5.74, 6) is 0.446. The zero-order valence-electron chi connectivity index (χ0n) is 18.3. The fraction of sp³-hybridized carbons (Fsp3) is 0.364. The Morgan fingerprint density at radius 3 is 2.72 bits per heavy atom. The zero-order chi connectivity index (χ0) is 22.9. The van der Waals surface area contributed by atoms with Gasteiger partial charge in [-0.05, 0) is 36.8 Å². The Labute approximate surface area is 186 Å². The number of nitrogens with one attached hydrogen (secondary N) is 1. The quantitative estimate of drug-likeness (QED) is 0.595. The number of methoxy groups -OCH3 is 1. The van der Waals surface area contributed by atoms with Crippen molar-refractivity contribution in [2.24, 2.45) is 4.36 Å². The van der Waals surface area contributed by atoms with Gasteiger partial charge < -0.3 is 19.5 Å². The number of hydrogen-bond acceptors (Lipinski definition) is 8. The molecule has 1 saturated heterocycles. The first kappa shape index (κ1) is 22.4. The molecule has 8 nitrogen and oxygen atoms in total. The second kappa shape index (κ2) is 8.97. The minimum Gasteiger partial charge on any atom is -0.483 e. The average molecular weight is 461 g/mol. The molecule has 0 spiro atoms. The first-order valence-electron chi connectivity index (χ1n) is 10.00. The van der Waals surface area contributed by atoms with E-state index in [1.54, 1.807) is 31.8 Å². The van der Waals surface area contributed by atoms with E-state index in [9.17, 15) is 8.60 Å². The van der Waals surface area contributed by atoms with Gasteiger partial charge in [-0.2, -0.15) is 4.36 Å². The summed E-state index contributed by atoms with van der Waals surface area (Å²) >= 11 is 0. The molecule has 1 unspecified atom stereocenters. The van der Waals surface area contributed by atoms with E-state index in [0.29, 0.717) is 41.7 Å². The van der Waals surface area contributed by atoms with Crippen LogP contribution in [0.2, 0.25) is 0 Å². The number of fused-ring (bicyclic) bond motifs is 1. The molecule has 2 atom stereocenters. The van der Waals surface area contributed by atoms with Crippen molar-refractivity contribution in [2.75, 3.05) is 38.2 Å². The Hall–Kier alpha value is -2.82. The average Bonchev–Trinajstić information content (AvgIpc) is 3.15. The molecule has 170 valence electrons. The largest absolute Gasteiger partial charge is 0.483 e. The summed E-state index contributed by atoms with van der Waals surface area (Å²) in [5.41, 5.74) is 2.65. The van der Waals surface area contributed by atoms with Crippen molar-refractivity contribution in [1.82, 2.24) is 9.97 Å². The predicted octanol–water partition coefficient (Wildman–Crippen LogP) is 3.97. The Balaban J connectivity index is 1.72.